The maximum Gasteiger partial charge on any atom is 0.417 e. The van der Waals surface area contributed by atoms with Crippen LogP contribution in [0.15, 0.2) is 18.2 Å². The highest BCUT2D eigenvalue weighted by molar-refractivity contribution is 6.31. The maximum atomic E-state index is 12.5. The lowest BCUT2D eigenvalue weighted by Gasteiger charge is -2.11. The monoisotopic (exact) mass is 285 g/mol. The Balaban J connectivity index is 3.01. The van der Waals surface area contributed by atoms with Crippen LogP contribution in [0.4, 0.5) is 13.2 Å². The van der Waals surface area contributed by atoms with Crippen LogP contribution in [-0.2, 0) is 17.4 Å². The molecule has 0 fully saturated rings. The van der Waals surface area contributed by atoms with Crippen LogP contribution in [0.2, 0.25) is 5.02 Å². The van der Waals surface area contributed by atoms with Crippen LogP contribution in [-0.4, -0.2) is 11.3 Å². The highest BCUT2D eigenvalue weighted by atomic mass is 35.5. The third kappa shape index (κ3) is 3.78. The summed E-state index contributed by atoms with van der Waals surface area (Å²) in [5.74, 6) is -0.782. The van der Waals surface area contributed by atoms with Crippen molar-refractivity contribution in [2.45, 2.75) is 18.0 Å². The number of alkyl halides is 4. The summed E-state index contributed by atoms with van der Waals surface area (Å²) in [6.45, 7) is 0. The molecule has 0 bridgehead atoms. The van der Waals surface area contributed by atoms with Gasteiger partial charge in [0.1, 0.15) is 5.38 Å². The first-order valence-electron chi connectivity index (χ1n) is 4.51. The zero-order valence-corrected chi connectivity index (χ0v) is 9.90. The van der Waals surface area contributed by atoms with Gasteiger partial charge in [-0.05, 0) is 24.1 Å². The van der Waals surface area contributed by atoms with Gasteiger partial charge in [-0.3, -0.25) is 4.79 Å². The van der Waals surface area contributed by atoms with Crippen molar-refractivity contribution >= 4 is 29.1 Å². The van der Waals surface area contributed by atoms with Crippen LogP contribution in [0.25, 0.3) is 0 Å². The predicted octanol–water partition coefficient (Wildman–Crippen LogP) is 2.99. The number of hydrogen-bond acceptors (Lipinski definition) is 1. The molecule has 0 saturated heterocycles. The molecule has 1 rings (SSSR count). The first-order chi connectivity index (χ1) is 7.71. The molecule has 94 valence electrons. The summed E-state index contributed by atoms with van der Waals surface area (Å²) >= 11 is 11.0. The molecule has 0 saturated carbocycles. The fourth-order valence-corrected chi connectivity index (χ4v) is 1.63. The van der Waals surface area contributed by atoms with E-state index in [9.17, 15) is 18.0 Å². The van der Waals surface area contributed by atoms with Gasteiger partial charge in [0, 0.05) is 0 Å². The van der Waals surface area contributed by atoms with Crippen LogP contribution < -0.4 is 5.73 Å². The van der Waals surface area contributed by atoms with E-state index >= 15 is 0 Å². The van der Waals surface area contributed by atoms with E-state index in [1.807, 2.05) is 0 Å². The van der Waals surface area contributed by atoms with Crippen molar-refractivity contribution in [1.82, 2.24) is 0 Å². The molecular formula is C10H8Cl2F3NO. The molecule has 0 aliphatic rings. The van der Waals surface area contributed by atoms with E-state index in [1.54, 1.807) is 0 Å². The third-order valence-electron chi connectivity index (χ3n) is 2.06. The van der Waals surface area contributed by atoms with Gasteiger partial charge in [-0.1, -0.05) is 17.7 Å². The lowest BCUT2D eigenvalue weighted by atomic mass is 10.1. The summed E-state index contributed by atoms with van der Waals surface area (Å²) in [4.78, 5) is 10.7. The van der Waals surface area contributed by atoms with Crippen LogP contribution in [0.3, 0.4) is 0 Å². The van der Waals surface area contributed by atoms with Gasteiger partial charge < -0.3 is 5.73 Å². The number of amides is 1. The molecule has 0 spiro atoms. The van der Waals surface area contributed by atoms with Gasteiger partial charge in [0.15, 0.2) is 0 Å². The zero-order chi connectivity index (χ0) is 13.2. The Morgan fingerprint density at radius 3 is 2.47 bits per heavy atom. The molecule has 2 N–H and O–H groups in total. The molecule has 0 aromatic heterocycles. The number of hydrogen-bond donors (Lipinski definition) is 1. The molecule has 1 atom stereocenters. The van der Waals surface area contributed by atoms with Gasteiger partial charge in [-0.2, -0.15) is 13.2 Å². The first kappa shape index (κ1) is 14.1. The summed E-state index contributed by atoms with van der Waals surface area (Å²) in [7, 11) is 0. The van der Waals surface area contributed by atoms with Crippen molar-refractivity contribution in [3.8, 4) is 0 Å². The van der Waals surface area contributed by atoms with Gasteiger partial charge in [-0.15, -0.1) is 11.6 Å². The van der Waals surface area contributed by atoms with E-state index in [1.165, 1.54) is 6.07 Å². The summed E-state index contributed by atoms with van der Waals surface area (Å²) in [5.41, 5.74) is 4.22. The minimum absolute atomic E-state index is 0.0723. The number of rotatable bonds is 3. The summed E-state index contributed by atoms with van der Waals surface area (Å²) < 4.78 is 37.5. The molecule has 1 aromatic carbocycles. The van der Waals surface area contributed by atoms with E-state index in [0.717, 1.165) is 12.1 Å². The van der Waals surface area contributed by atoms with Crippen molar-refractivity contribution < 1.29 is 18.0 Å². The van der Waals surface area contributed by atoms with Crippen LogP contribution in [0.5, 0.6) is 0 Å². The van der Waals surface area contributed by atoms with Crippen molar-refractivity contribution in [2.75, 3.05) is 0 Å². The summed E-state index contributed by atoms with van der Waals surface area (Å²) in [6, 6.07) is 3.35. The standard InChI is InChI=1S/C10H8Cl2F3NO/c11-7-2-1-5(4-8(12)9(16)17)3-6(7)10(13,14)15/h1-3,8H,4H2,(H2,16,17). The van der Waals surface area contributed by atoms with Crippen molar-refractivity contribution in [3.63, 3.8) is 0 Å². The minimum Gasteiger partial charge on any atom is -0.368 e. The molecule has 17 heavy (non-hydrogen) atoms. The SMILES string of the molecule is NC(=O)C(Cl)Cc1ccc(Cl)c(C(F)(F)F)c1. The van der Waals surface area contributed by atoms with Gasteiger partial charge in [0.25, 0.3) is 0 Å². The minimum atomic E-state index is -4.54. The molecule has 1 unspecified atom stereocenters. The second-order valence-corrected chi connectivity index (χ2v) is 4.32. The van der Waals surface area contributed by atoms with E-state index in [2.05, 4.69) is 0 Å². The van der Waals surface area contributed by atoms with E-state index in [0.29, 0.717) is 0 Å². The second kappa shape index (κ2) is 5.14. The summed E-state index contributed by atoms with van der Waals surface area (Å²) in [5, 5.41) is -1.44. The lowest BCUT2D eigenvalue weighted by Crippen LogP contribution is -2.25. The Kier molecular flexibility index (Phi) is 4.27. The normalized spacial score (nSPS) is 13.5. The highest BCUT2D eigenvalue weighted by Gasteiger charge is 2.33. The van der Waals surface area contributed by atoms with Gasteiger partial charge in [0.2, 0.25) is 5.91 Å². The Bertz CT molecular complexity index is 434. The second-order valence-electron chi connectivity index (χ2n) is 3.39. The van der Waals surface area contributed by atoms with E-state index in [4.69, 9.17) is 28.9 Å². The molecule has 0 heterocycles. The molecular weight excluding hydrogens is 278 g/mol. The van der Waals surface area contributed by atoms with E-state index < -0.39 is 28.0 Å². The molecule has 7 heteroatoms. The van der Waals surface area contributed by atoms with Crippen LogP contribution >= 0.6 is 23.2 Å². The Morgan fingerprint density at radius 2 is 2.00 bits per heavy atom. The van der Waals surface area contributed by atoms with Crippen molar-refractivity contribution in [3.05, 3.63) is 34.3 Å². The molecule has 0 aliphatic heterocycles. The zero-order valence-electron chi connectivity index (χ0n) is 8.39. The Hall–Kier alpha value is -0.940. The van der Waals surface area contributed by atoms with Crippen LogP contribution in [0.1, 0.15) is 11.1 Å². The first-order valence-corrected chi connectivity index (χ1v) is 5.32. The highest BCUT2D eigenvalue weighted by Crippen LogP contribution is 2.35. The number of benzene rings is 1. The van der Waals surface area contributed by atoms with Crippen LogP contribution in [0, 0.1) is 0 Å². The number of carbonyl (C=O) groups excluding carboxylic acids is 1. The Labute approximate surface area is 105 Å². The van der Waals surface area contributed by atoms with E-state index in [-0.39, 0.29) is 12.0 Å². The number of halogens is 5. The predicted molar refractivity (Wildman–Crippen MR) is 59.0 cm³/mol. The smallest absolute Gasteiger partial charge is 0.368 e. The van der Waals surface area contributed by atoms with Crippen molar-refractivity contribution in [1.29, 1.82) is 0 Å². The molecule has 0 radical (unpaired) electrons. The molecule has 1 aromatic rings. The number of nitrogens with two attached hydrogens (primary N) is 1. The average Bonchev–Trinajstić information content (AvgIpc) is 2.19. The fraction of sp³-hybridized carbons (Fsp3) is 0.300. The Morgan fingerprint density at radius 1 is 1.41 bits per heavy atom. The van der Waals surface area contributed by atoms with Gasteiger partial charge in [0.05, 0.1) is 10.6 Å². The number of primary amides is 1. The topological polar surface area (TPSA) is 43.1 Å². The third-order valence-corrected chi connectivity index (χ3v) is 2.76. The van der Waals surface area contributed by atoms with Crippen molar-refractivity contribution in [2.24, 2.45) is 5.73 Å². The maximum absolute atomic E-state index is 12.5. The molecule has 1 amide bonds. The lowest BCUT2D eigenvalue weighted by molar-refractivity contribution is -0.137. The quantitative estimate of drug-likeness (QED) is 0.853. The number of carbonyl (C=O) groups is 1. The largest absolute Gasteiger partial charge is 0.417 e. The fourth-order valence-electron chi connectivity index (χ4n) is 1.22. The molecule has 2 nitrogen and oxygen atoms in total. The van der Waals surface area contributed by atoms with Gasteiger partial charge in [-0.25, -0.2) is 0 Å². The average molecular weight is 286 g/mol. The summed E-state index contributed by atoms with van der Waals surface area (Å²) in [6.07, 6.45) is -4.61. The van der Waals surface area contributed by atoms with Gasteiger partial charge >= 0.3 is 6.18 Å². The molecule has 0 aliphatic carbocycles.